The van der Waals surface area contributed by atoms with Crippen molar-refractivity contribution in [2.24, 2.45) is 0 Å². The highest BCUT2D eigenvalue weighted by Gasteiger charge is 2.11. The summed E-state index contributed by atoms with van der Waals surface area (Å²) in [7, 11) is 0. The summed E-state index contributed by atoms with van der Waals surface area (Å²) in [4.78, 5) is 0. The molecule has 2 aromatic carbocycles. The van der Waals surface area contributed by atoms with E-state index < -0.39 is 0 Å². The van der Waals surface area contributed by atoms with Gasteiger partial charge >= 0.3 is 0 Å². The SMILES string of the molecule is CCCCCCCCCCCCc1ccc(-c2ccc(CCCCCCCCCCCC)c(CCCCCCCCCCCC)c2)cc1CCCCCCCCCCCC. The van der Waals surface area contributed by atoms with Crippen LogP contribution in [0.5, 0.6) is 0 Å². The molecule has 2 aromatic rings. The van der Waals surface area contributed by atoms with E-state index in [1.165, 1.54) is 294 Å². The number of aryl methyl sites for hydroxylation is 4. The van der Waals surface area contributed by atoms with Crippen molar-refractivity contribution >= 4 is 0 Å². The van der Waals surface area contributed by atoms with Gasteiger partial charge in [0.15, 0.2) is 0 Å². The lowest BCUT2D eigenvalue weighted by atomic mass is 9.90. The molecule has 0 aliphatic heterocycles. The second-order valence-electron chi connectivity index (χ2n) is 19.7. The number of unbranched alkanes of at least 4 members (excludes halogenated alkanes) is 36. The summed E-state index contributed by atoms with van der Waals surface area (Å²) in [6, 6.07) is 15.4. The fourth-order valence-corrected chi connectivity index (χ4v) is 9.78. The molecule has 346 valence electrons. The van der Waals surface area contributed by atoms with Crippen molar-refractivity contribution in [1.29, 1.82) is 0 Å². The van der Waals surface area contributed by atoms with Crippen molar-refractivity contribution in [2.45, 2.75) is 310 Å². The van der Waals surface area contributed by atoms with Crippen LogP contribution >= 0.6 is 0 Å². The Labute approximate surface area is 378 Å². The average Bonchev–Trinajstić information content (AvgIpc) is 3.26. The van der Waals surface area contributed by atoms with Crippen molar-refractivity contribution < 1.29 is 0 Å². The van der Waals surface area contributed by atoms with E-state index in [2.05, 4.69) is 64.1 Å². The molecule has 0 aromatic heterocycles. The summed E-state index contributed by atoms with van der Waals surface area (Å²) >= 11 is 0. The van der Waals surface area contributed by atoms with Crippen LogP contribution < -0.4 is 0 Å². The Bertz CT molecular complexity index is 1100. The van der Waals surface area contributed by atoms with Gasteiger partial charge in [-0.1, -0.05) is 295 Å². The van der Waals surface area contributed by atoms with E-state index in [0.717, 1.165) is 0 Å². The fourth-order valence-electron chi connectivity index (χ4n) is 9.78. The Morgan fingerprint density at radius 3 is 0.600 bits per heavy atom. The van der Waals surface area contributed by atoms with Crippen LogP contribution in [0.3, 0.4) is 0 Å². The highest BCUT2D eigenvalue weighted by atomic mass is 14.2. The first-order chi connectivity index (χ1) is 29.7. The van der Waals surface area contributed by atoms with Gasteiger partial charge in [-0.15, -0.1) is 0 Å². The summed E-state index contributed by atoms with van der Waals surface area (Å²) in [6.07, 6.45) is 61.8. The maximum absolute atomic E-state index is 2.64. The molecule has 2 rings (SSSR count). The lowest BCUT2D eigenvalue weighted by Crippen LogP contribution is -1.99. The molecule has 0 aliphatic carbocycles. The van der Waals surface area contributed by atoms with Crippen molar-refractivity contribution in [2.75, 3.05) is 0 Å². The molecule has 0 heterocycles. The molecule has 60 heavy (non-hydrogen) atoms. The standard InChI is InChI=1S/C60H106/c1-5-9-13-17-21-25-29-33-37-41-45-55-49-51-59(53-57(55)47-43-39-35-31-27-23-19-15-11-7-3)60-52-50-56(46-42-38-34-30-26-22-18-14-10-6-2)58(54-60)48-44-40-36-32-28-24-20-16-12-8-4/h49-54H,5-48H2,1-4H3. The third-order valence-electron chi connectivity index (χ3n) is 13.9. The number of rotatable bonds is 45. The molecule has 0 N–H and O–H groups in total. The minimum absolute atomic E-state index is 1.26. The Morgan fingerprint density at radius 2 is 0.383 bits per heavy atom. The molecule has 0 spiro atoms. The lowest BCUT2D eigenvalue weighted by molar-refractivity contribution is 0.553. The monoisotopic (exact) mass is 827 g/mol. The first-order valence-electron chi connectivity index (χ1n) is 28.0. The Hall–Kier alpha value is -1.56. The molecule has 0 radical (unpaired) electrons. The molecule has 0 bridgehead atoms. The topological polar surface area (TPSA) is 0 Å². The highest BCUT2D eigenvalue weighted by Crippen LogP contribution is 2.29. The van der Waals surface area contributed by atoms with E-state index in [-0.39, 0.29) is 0 Å². The molecule has 0 fully saturated rings. The van der Waals surface area contributed by atoms with Crippen LogP contribution in [-0.4, -0.2) is 0 Å². The Kier molecular flexibility index (Phi) is 37.7. The largest absolute Gasteiger partial charge is 0.0654 e. The fraction of sp³-hybridized carbons (Fsp3) is 0.800. The zero-order chi connectivity index (χ0) is 42.8. The van der Waals surface area contributed by atoms with Crippen molar-refractivity contribution in [3.8, 4) is 11.1 Å². The molecule has 0 saturated carbocycles. The van der Waals surface area contributed by atoms with Gasteiger partial charge in [0.1, 0.15) is 0 Å². The van der Waals surface area contributed by atoms with Crippen molar-refractivity contribution in [1.82, 2.24) is 0 Å². The maximum atomic E-state index is 2.64. The molecule has 0 amide bonds. The maximum Gasteiger partial charge on any atom is -0.0181 e. The van der Waals surface area contributed by atoms with Gasteiger partial charge in [0.2, 0.25) is 0 Å². The van der Waals surface area contributed by atoms with Crippen LogP contribution in [-0.2, 0) is 25.7 Å². The molecule has 0 atom stereocenters. The minimum atomic E-state index is 1.26. The van der Waals surface area contributed by atoms with E-state index in [0.29, 0.717) is 0 Å². The second kappa shape index (κ2) is 41.5. The van der Waals surface area contributed by atoms with Crippen LogP contribution in [0.2, 0.25) is 0 Å². The minimum Gasteiger partial charge on any atom is -0.0654 e. The second-order valence-corrected chi connectivity index (χ2v) is 19.7. The number of hydrogen-bond acceptors (Lipinski definition) is 0. The normalized spacial score (nSPS) is 11.6. The van der Waals surface area contributed by atoms with Crippen LogP contribution in [0.4, 0.5) is 0 Å². The smallest absolute Gasteiger partial charge is 0.0181 e. The van der Waals surface area contributed by atoms with Crippen LogP contribution in [0.25, 0.3) is 11.1 Å². The van der Waals surface area contributed by atoms with Gasteiger partial charge < -0.3 is 0 Å². The highest BCUT2D eigenvalue weighted by molar-refractivity contribution is 5.66. The van der Waals surface area contributed by atoms with E-state index in [1.54, 1.807) is 22.3 Å². The summed E-state index contributed by atoms with van der Waals surface area (Å²) in [5.41, 5.74) is 9.56. The first-order valence-corrected chi connectivity index (χ1v) is 28.0. The third kappa shape index (κ3) is 29.7. The van der Waals surface area contributed by atoms with Gasteiger partial charge in [-0.3, -0.25) is 0 Å². The van der Waals surface area contributed by atoms with E-state index in [4.69, 9.17) is 0 Å². The van der Waals surface area contributed by atoms with Gasteiger partial charge in [-0.05, 0) is 84.7 Å². The van der Waals surface area contributed by atoms with Crippen LogP contribution in [0.15, 0.2) is 36.4 Å². The number of benzene rings is 2. The zero-order valence-corrected chi connectivity index (χ0v) is 41.6. The van der Waals surface area contributed by atoms with Gasteiger partial charge in [0, 0.05) is 0 Å². The van der Waals surface area contributed by atoms with E-state index in [1.807, 2.05) is 0 Å². The first kappa shape index (κ1) is 54.6. The van der Waals surface area contributed by atoms with Crippen molar-refractivity contribution in [3.05, 3.63) is 58.7 Å². The molecule has 0 aliphatic rings. The predicted octanol–water partition coefficient (Wildman–Crippen LogP) is 21.2. The summed E-state index contributed by atoms with van der Waals surface area (Å²) < 4.78 is 0. The Balaban J connectivity index is 2.04. The van der Waals surface area contributed by atoms with Crippen molar-refractivity contribution in [3.63, 3.8) is 0 Å². The summed E-state index contributed by atoms with van der Waals surface area (Å²) in [6.45, 7) is 9.30. The van der Waals surface area contributed by atoms with Crippen LogP contribution in [0.1, 0.15) is 307 Å². The van der Waals surface area contributed by atoms with Gasteiger partial charge in [-0.25, -0.2) is 0 Å². The average molecular weight is 828 g/mol. The predicted molar refractivity (Wildman–Crippen MR) is 274 cm³/mol. The lowest BCUT2D eigenvalue weighted by Gasteiger charge is -2.16. The van der Waals surface area contributed by atoms with Gasteiger partial charge in [-0.2, -0.15) is 0 Å². The molecular formula is C60H106. The van der Waals surface area contributed by atoms with E-state index in [9.17, 15) is 0 Å². The molecule has 0 heteroatoms. The quantitative estimate of drug-likeness (QED) is 0.0584. The molecule has 0 nitrogen and oxygen atoms in total. The Morgan fingerprint density at radius 1 is 0.200 bits per heavy atom. The summed E-state index contributed by atoms with van der Waals surface area (Å²) in [5.74, 6) is 0. The third-order valence-corrected chi connectivity index (χ3v) is 13.9. The van der Waals surface area contributed by atoms with Gasteiger partial charge in [0.25, 0.3) is 0 Å². The molecular weight excluding hydrogens is 721 g/mol. The molecule has 0 unspecified atom stereocenters. The zero-order valence-electron chi connectivity index (χ0n) is 41.6. The number of hydrogen-bond donors (Lipinski definition) is 0. The van der Waals surface area contributed by atoms with Crippen LogP contribution in [0, 0.1) is 0 Å². The summed E-state index contributed by atoms with van der Waals surface area (Å²) in [5, 5.41) is 0. The molecule has 0 saturated heterocycles. The van der Waals surface area contributed by atoms with E-state index >= 15 is 0 Å². The van der Waals surface area contributed by atoms with Gasteiger partial charge in [0.05, 0.1) is 0 Å².